The number of carboxylic acids is 1. The molecular weight excluding hydrogens is 586 g/mol. The van der Waals surface area contributed by atoms with Crippen LogP contribution in [-0.4, -0.2) is 71.6 Å². The Labute approximate surface area is 262 Å². The van der Waals surface area contributed by atoms with Crippen LogP contribution in [0.3, 0.4) is 0 Å². The molecule has 1 unspecified atom stereocenters. The molecule has 1 aromatic rings. The number of ether oxygens (including phenoxy) is 1. The van der Waals surface area contributed by atoms with E-state index in [0.717, 1.165) is 68.5 Å². The smallest absolute Gasteiger partial charge is 0.407 e. The van der Waals surface area contributed by atoms with Crippen LogP contribution in [0.1, 0.15) is 111 Å². The van der Waals surface area contributed by atoms with Crippen LogP contribution in [0.5, 0.6) is 0 Å². The van der Waals surface area contributed by atoms with Gasteiger partial charge in [-0.3, -0.25) is 14.1 Å². The predicted molar refractivity (Wildman–Crippen MR) is 169 cm³/mol. The molecule has 0 radical (unpaired) electrons. The Kier molecular flexibility index (Phi) is 13.8. The Morgan fingerprint density at radius 2 is 1.57 bits per heavy atom. The summed E-state index contributed by atoms with van der Waals surface area (Å²) in [6.07, 6.45) is 6.47. The van der Waals surface area contributed by atoms with Crippen LogP contribution >= 0.6 is 0 Å². The second-order valence-corrected chi connectivity index (χ2v) is 14.6. The van der Waals surface area contributed by atoms with Gasteiger partial charge in [0.05, 0.1) is 10.3 Å². The van der Waals surface area contributed by atoms with E-state index in [1.165, 1.54) is 6.07 Å². The third-order valence-electron chi connectivity index (χ3n) is 8.10. The maximum Gasteiger partial charge on any atom is 0.407 e. The molecule has 0 fully saturated rings. The summed E-state index contributed by atoms with van der Waals surface area (Å²) in [6, 6.07) is 4.75. The molecule has 0 aliphatic carbocycles. The van der Waals surface area contributed by atoms with Crippen molar-refractivity contribution in [1.29, 1.82) is 0 Å². The van der Waals surface area contributed by atoms with Gasteiger partial charge in [0.25, 0.3) is 10.1 Å². The number of hydrogen-bond donors (Lipinski definition) is 4. The highest BCUT2D eigenvalue weighted by atomic mass is 32.2. The van der Waals surface area contributed by atoms with Crippen LogP contribution in [0.15, 0.2) is 23.1 Å². The van der Waals surface area contributed by atoms with Crippen LogP contribution in [0.4, 0.5) is 10.5 Å². The van der Waals surface area contributed by atoms with E-state index in [4.69, 9.17) is 9.84 Å². The van der Waals surface area contributed by atoms with Crippen molar-refractivity contribution in [3.05, 3.63) is 23.8 Å². The standard InChI is InChI=1S/C32H51N3O8S/c1-23-32(5,6)26-20-25(44(40,41)42)17-18-27(26)35(23)19-13-8-7-11-15-28(36)33-21-24(14-10-9-12-16-29(37)38)22-34-30(39)43-31(2,3)4/h17-18,20,24H,7-16,19,21-22H2,1-6H3,(H3-,33,34,36,37,38,39,40,41,42)/p+1. The van der Waals surface area contributed by atoms with Crippen molar-refractivity contribution >= 4 is 39.5 Å². The highest BCUT2D eigenvalue weighted by Crippen LogP contribution is 2.40. The van der Waals surface area contributed by atoms with Crippen molar-refractivity contribution < 1.29 is 41.8 Å². The molecule has 2 amide bonds. The molecule has 248 valence electrons. The molecule has 1 aromatic carbocycles. The molecule has 0 spiro atoms. The quantitative estimate of drug-likeness (QED) is 0.0921. The molecule has 1 aliphatic rings. The first-order valence-electron chi connectivity index (χ1n) is 15.6. The monoisotopic (exact) mass is 638 g/mol. The molecule has 44 heavy (non-hydrogen) atoms. The fraction of sp³-hybridized carbons (Fsp3) is 0.688. The van der Waals surface area contributed by atoms with Gasteiger partial charge in [-0.25, -0.2) is 4.79 Å². The molecule has 11 nitrogen and oxygen atoms in total. The third-order valence-corrected chi connectivity index (χ3v) is 8.95. The number of rotatable bonds is 18. The first-order chi connectivity index (χ1) is 20.4. The van der Waals surface area contributed by atoms with Gasteiger partial charge < -0.3 is 20.5 Å². The molecule has 0 saturated carbocycles. The van der Waals surface area contributed by atoms with Crippen molar-refractivity contribution in [3.8, 4) is 0 Å². The number of unbranched alkanes of at least 4 members (excludes halogenated alkanes) is 5. The van der Waals surface area contributed by atoms with E-state index in [1.807, 2.05) is 20.8 Å². The fourth-order valence-corrected chi connectivity index (χ4v) is 5.88. The third kappa shape index (κ3) is 12.2. The van der Waals surface area contributed by atoms with Crippen LogP contribution in [0, 0.1) is 5.92 Å². The zero-order chi connectivity index (χ0) is 33.1. The van der Waals surface area contributed by atoms with E-state index in [1.54, 1.807) is 32.9 Å². The second-order valence-electron chi connectivity index (χ2n) is 13.2. The van der Waals surface area contributed by atoms with Crippen molar-refractivity contribution in [3.63, 3.8) is 0 Å². The fourth-order valence-electron chi connectivity index (χ4n) is 5.37. The topological polar surface area (TPSA) is 162 Å². The van der Waals surface area contributed by atoms with E-state index in [2.05, 4.69) is 15.2 Å². The van der Waals surface area contributed by atoms with Crippen molar-refractivity contribution in [2.75, 3.05) is 19.6 Å². The Morgan fingerprint density at radius 1 is 0.955 bits per heavy atom. The van der Waals surface area contributed by atoms with E-state index in [0.29, 0.717) is 25.9 Å². The van der Waals surface area contributed by atoms with Crippen LogP contribution in [0.25, 0.3) is 0 Å². The number of hydrogen-bond acceptors (Lipinski definition) is 6. The predicted octanol–water partition coefficient (Wildman–Crippen LogP) is 5.57. The summed E-state index contributed by atoms with van der Waals surface area (Å²) in [6.45, 7) is 13.1. The zero-order valence-electron chi connectivity index (χ0n) is 27.2. The second kappa shape index (κ2) is 16.4. The summed E-state index contributed by atoms with van der Waals surface area (Å²) in [7, 11) is -4.27. The molecule has 2 rings (SSSR count). The average Bonchev–Trinajstić information content (AvgIpc) is 3.09. The van der Waals surface area contributed by atoms with E-state index >= 15 is 0 Å². The number of fused-ring (bicyclic) bond motifs is 1. The molecular formula is C32H52N3O8S+. The number of carbonyl (C=O) groups excluding carboxylic acids is 2. The van der Waals surface area contributed by atoms with Crippen molar-refractivity contribution in [2.45, 2.75) is 122 Å². The molecule has 4 N–H and O–H groups in total. The Morgan fingerprint density at radius 3 is 2.20 bits per heavy atom. The van der Waals surface area contributed by atoms with Gasteiger partial charge in [0.1, 0.15) is 12.1 Å². The van der Waals surface area contributed by atoms with Crippen LogP contribution in [-0.2, 0) is 29.9 Å². The Bertz CT molecular complexity index is 1300. The molecule has 0 aromatic heterocycles. The van der Waals surface area contributed by atoms with E-state index < -0.39 is 27.8 Å². The number of nitrogens with one attached hydrogen (secondary N) is 2. The number of nitrogens with zero attached hydrogens (tertiary/aromatic N) is 1. The zero-order valence-corrected chi connectivity index (χ0v) is 28.0. The summed E-state index contributed by atoms with van der Waals surface area (Å²) >= 11 is 0. The molecule has 1 aliphatic heterocycles. The van der Waals surface area contributed by atoms with Gasteiger partial charge in [0.2, 0.25) is 11.6 Å². The maximum absolute atomic E-state index is 12.6. The first-order valence-corrected chi connectivity index (χ1v) is 17.0. The summed E-state index contributed by atoms with van der Waals surface area (Å²) in [5.74, 6) is -0.833. The van der Waals surface area contributed by atoms with Gasteiger partial charge in [0, 0.05) is 50.9 Å². The van der Waals surface area contributed by atoms with Crippen molar-refractivity contribution in [2.24, 2.45) is 5.92 Å². The minimum absolute atomic E-state index is 0.0111. The van der Waals surface area contributed by atoms with Gasteiger partial charge in [-0.1, -0.05) is 19.3 Å². The molecule has 1 atom stereocenters. The first kappa shape index (κ1) is 37.2. The lowest BCUT2D eigenvalue weighted by molar-refractivity contribution is -0.439. The Hall–Kier alpha value is -2.99. The number of aliphatic carboxylic acids is 1. The summed E-state index contributed by atoms with van der Waals surface area (Å²) < 4.78 is 40.3. The maximum atomic E-state index is 12.6. The SMILES string of the molecule is CC1=[N+](CCCCCCC(=O)NCC(CCCCCC(=O)O)CNC(=O)OC(C)(C)C)c2ccc(S(=O)(=O)O)cc2C1(C)C. The minimum Gasteiger partial charge on any atom is -0.481 e. The van der Waals surface area contributed by atoms with Gasteiger partial charge in [0.15, 0.2) is 5.71 Å². The number of benzene rings is 1. The largest absolute Gasteiger partial charge is 0.481 e. The lowest BCUT2D eigenvalue weighted by Crippen LogP contribution is -2.39. The summed E-state index contributed by atoms with van der Waals surface area (Å²) in [5.41, 5.74) is 2.00. The summed E-state index contributed by atoms with van der Waals surface area (Å²) in [5, 5.41) is 14.6. The van der Waals surface area contributed by atoms with Gasteiger partial charge in [-0.2, -0.15) is 13.0 Å². The van der Waals surface area contributed by atoms with Gasteiger partial charge in [-0.15, -0.1) is 0 Å². The normalized spacial score (nSPS) is 15.1. The molecule has 0 bridgehead atoms. The number of alkyl carbamates (subject to hydrolysis) is 1. The highest BCUT2D eigenvalue weighted by molar-refractivity contribution is 7.85. The molecule has 12 heteroatoms. The lowest BCUT2D eigenvalue weighted by atomic mass is 9.82. The number of amides is 2. The van der Waals surface area contributed by atoms with E-state index in [-0.39, 0.29) is 28.6 Å². The summed E-state index contributed by atoms with van der Waals surface area (Å²) in [4.78, 5) is 35.3. The number of carbonyl (C=O) groups is 3. The minimum atomic E-state index is -4.27. The average molecular weight is 639 g/mol. The van der Waals surface area contributed by atoms with E-state index in [9.17, 15) is 27.4 Å². The highest BCUT2D eigenvalue weighted by Gasteiger charge is 2.43. The van der Waals surface area contributed by atoms with Gasteiger partial charge >= 0.3 is 12.1 Å². The van der Waals surface area contributed by atoms with Gasteiger partial charge in [-0.05, 0) is 78.4 Å². The Balaban J connectivity index is 1.77. The molecule has 1 heterocycles. The van der Waals surface area contributed by atoms with Crippen LogP contribution < -0.4 is 10.6 Å². The van der Waals surface area contributed by atoms with Crippen LogP contribution in [0.2, 0.25) is 0 Å². The number of carboxylic acid groups (broad SMARTS) is 1. The van der Waals surface area contributed by atoms with Crippen molar-refractivity contribution in [1.82, 2.24) is 10.6 Å². The molecule has 0 saturated heterocycles. The lowest BCUT2D eigenvalue weighted by Gasteiger charge is -2.22.